The number of hydrogen-bond acceptors (Lipinski definition) is 4. The highest BCUT2D eigenvalue weighted by molar-refractivity contribution is 7.71. The first-order valence-corrected chi connectivity index (χ1v) is 6.95. The first kappa shape index (κ1) is 16.5. The highest BCUT2D eigenvalue weighted by Crippen LogP contribution is 2.30. The van der Waals surface area contributed by atoms with Crippen molar-refractivity contribution in [3.63, 3.8) is 0 Å². The number of rotatable bonds is 2. The van der Waals surface area contributed by atoms with Gasteiger partial charge in [0.1, 0.15) is 0 Å². The molecule has 2 aromatic rings. The van der Waals surface area contributed by atoms with Gasteiger partial charge >= 0.3 is 17.3 Å². The molecular formula is C12H9Cl2N3O4S. The van der Waals surface area contributed by atoms with Gasteiger partial charge in [-0.3, -0.25) is 9.13 Å². The quantitative estimate of drug-likeness (QED) is 0.821. The highest BCUT2D eigenvalue weighted by atomic mass is 35.5. The molecule has 22 heavy (non-hydrogen) atoms. The van der Waals surface area contributed by atoms with Crippen molar-refractivity contribution in [3.05, 3.63) is 53.5 Å². The van der Waals surface area contributed by atoms with Crippen molar-refractivity contribution in [1.82, 2.24) is 13.7 Å². The summed E-state index contributed by atoms with van der Waals surface area (Å²) in [6.45, 7) is 0. The van der Waals surface area contributed by atoms with Crippen LogP contribution in [0.15, 0.2) is 21.7 Å². The Labute approximate surface area is 138 Å². The van der Waals surface area contributed by atoms with Crippen molar-refractivity contribution in [3.8, 4) is 5.69 Å². The van der Waals surface area contributed by atoms with E-state index in [9.17, 15) is 14.4 Å². The molecule has 116 valence electrons. The Morgan fingerprint density at radius 2 is 1.64 bits per heavy atom. The van der Waals surface area contributed by atoms with Crippen LogP contribution in [-0.4, -0.2) is 24.8 Å². The van der Waals surface area contributed by atoms with Gasteiger partial charge in [0, 0.05) is 14.1 Å². The molecule has 0 bridgehead atoms. The summed E-state index contributed by atoms with van der Waals surface area (Å²) in [5.41, 5.74) is -2.03. The zero-order valence-electron chi connectivity index (χ0n) is 11.3. The molecule has 0 aliphatic heterocycles. The predicted molar refractivity (Wildman–Crippen MR) is 84.1 cm³/mol. The van der Waals surface area contributed by atoms with E-state index < -0.39 is 17.3 Å². The Kier molecular flexibility index (Phi) is 4.28. The summed E-state index contributed by atoms with van der Waals surface area (Å²) >= 11 is 17.0. The summed E-state index contributed by atoms with van der Waals surface area (Å²) < 4.78 is 2.80. The SMILES string of the molecule is Cn1c(=S)n(C)c(=O)n(-c2c(Cl)ccc(C(=O)O)c2Cl)c1=O. The number of carboxylic acid groups (broad SMARTS) is 1. The Balaban J connectivity index is 3.06. The molecule has 2 rings (SSSR count). The Morgan fingerprint density at radius 1 is 1.14 bits per heavy atom. The van der Waals surface area contributed by atoms with Crippen LogP contribution in [0.4, 0.5) is 0 Å². The van der Waals surface area contributed by atoms with Crippen LogP contribution in [0.25, 0.3) is 5.69 Å². The van der Waals surface area contributed by atoms with Crippen molar-refractivity contribution < 1.29 is 9.90 Å². The molecule has 1 heterocycles. The van der Waals surface area contributed by atoms with Crippen LogP contribution in [0.2, 0.25) is 10.0 Å². The summed E-state index contributed by atoms with van der Waals surface area (Å²) in [4.78, 5) is 35.8. The zero-order chi connectivity index (χ0) is 16.8. The molecular weight excluding hydrogens is 353 g/mol. The third-order valence-corrected chi connectivity index (χ3v) is 4.29. The average Bonchev–Trinajstić information content (AvgIpc) is 2.46. The summed E-state index contributed by atoms with van der Waals surface area (Å²) in [5, 5.41) is 8.75. The molecule has 0 saturated heterocycles. The van der Waals surface area contributed by atoms with Crippen LogP contribution < -0.4 is 11.4 Å². The number of hydrogen-bond donors (Lipinski definition) is 1. The minimum Gasteiger partial charge on any atom is -0.478 e. The lowest BCUT2D eigenvalue weighted by molar-refractivity contribution is 0.0697. The van der Waals surface area contributed by atoms with Crippen molar-refractivity contribution in [2.24, 2.45) is 14.1 Å². The first-order valence-electron chi connectivity index (χ1n) is 5.79. The second-order valence-electron chi connectivity index (χ2n) is 4.36. The van der Waals surface area contributed by atoms with Gasteiger partial charge in [0.05, 0.1) is 21.3 Å². The summed E-state index contributed by atoms with van der Waals surface area (Å²) in [7, 11) is 2.76. The maximum atomic E-state index is 12.3. The van der Waals surface area contributed by atoms with E-state index in [1.807, 2.05) is 0 Å². The van der Waals surface area contributed by atoms with Gasteiger partial charge in [-0.15, -0.1) is 0 Å². The van der Waals surface area contributed by atoms with E-state index in [1.165, 1.54) is 26.2 Å². The van der Waals surface area contributed by atoms with Crippen molar-refractivity contribution in [1.29, 1.82) is 0 Å². The van der Waals surface area contributed by atoms with Gasteiger partial charge < -0.3 is 5.11 Å². The molecule has 0 radical (unpaired) electrons. The molecule has 0 aliphatic carbocycles. The van der Waals surface area contributed by atoms with Crippen LogP contribution in [0, 0.1) is 4.77 Å². The summed E-state index contributed by atoms with van der Waals surface area (Å²) in [6.07, 6.45) is 0. The molecule has 7 nitrogen and oxygen atoms in total. The second kappa shape index (κ2) is 5.71. The molecule has 0 unspecified atom stereocenters. The van der Waals surface area contributed by atoms with E-state index in [0.717, 1.165) is 9.13 Å². The van der Waals surface area contributed by atoms with Crippen LogP contribution in [-0.2, 0) is 14.1 Å². The van der Waals surface area contributed by atoms with E-state index in [4.69, 9.17) is 40.5 Å². The molecule has 0 spiro atoms. The topological polar surface area (TPSA) is 86.2 Å². The van der Waals surface area contributed by atoms with Crippen molar-refractivity contribution in [2.75, 3.05) is 0 Å². The minimum absolute atomic E-state index is 0.00730. The number of aromatic nitrogens is 3. The number of halogens is 2. The summed E-state index contributed by atoms with van der Waals surface area (Å²) in [5.74, 6) is -1.31. The van der Waals surface area contributed by atoms with Crippen LogP contribution in [0.5, 0.6) is 0 Å². The normalized spacial score (nSPS) is 10.7. The lowest BCUT2D eigenvalue weighted by Gasteiger charge is -2.14. The Bertz CT molecular complexity index is 934. The zero-order valence-corrected chi connectivity index (χ0v) is 13.7. The van der Waals surface area contributed by atoms with Crippen molar-refractivity contribution in [2.45, 2.75) is 0 Å². The van der Waals surface area contributed by atoms with Crippen LogP contribution in [0.1, 0.15) is 10.4 Å². The van der Waals surface area contributed by atoms with E-state index in [0.29, 0.717) is 4.57 Å². The molecule has 0 fully saturated rings. The molecule has 1 aromatic heterocycles. The maximum absolute atomic E-state index is 12.3. The molecule has 0 aliphatic rings. The molecule has 1 aromatic carbocycles. The van der Waals surface area contributed by atoms with E-state index >= 15 is 0 Å². The Hall–Kier alpha value is -1.90. The molecule has 10 heteroatoms. The fourth-order valence-electron chi connectivity index (χ4n) is 1.87. The number of carboxylic acids is 1. The molecule has 1 N–H and O–H groups in total. The van der Waals surface area contributed by atoms with Gasteiger partial charge in [-0.05, 0) is 24.4 Å². The Morgan fingerprint density at radius 3 is 2.09 bits per heavy atom. The predicted octanol–water partition coefficient (Wildman–Crippen LogP) is 1.61. The second-order valence-corrected chi connectivity index (χ2v) is 5.51. The van der Waals surface area contributed by atoms with Gasteiger partial charge in [0.15, 0.2) is 4.77 Å². The van der Waals surface area contributed by atoms with Gasteiger partial charge in [0.2, 0.25) is 0 Å². The maximum Gasteiger partial charge on any atom is 0.338 e. The fraction of sp³-hybridized carbons (Fsp3) is 0.167. The smallest absolute Gasteiger partial charge is 0.338 e. The van der Waals surface area contributed by atoms with Crippen LogP contribution in [0.3, 0.4) is 0 Å². The first-order chi connectivity index (χ1) is 10.2. The van der Waals surface area contributed by atoms with Crippen molar-refractivity contribution >= 4 is 41.4 Å². The average molecular weight is 362 g/mol. The third-order valence-electron chi connectivity index (χ3n) is 3.05. The largest absolute Gasteiger partial charge is 0.478 e. The van der Waals surface area contributed by atoms with E-state index in [2.05, 4.69) is 0 Å². The van der Waals surface area contributed by atoms with Gasteiger partial charge in [0.25, 0.3) is 0 Å². The number of carbonyl (C=O) groups is 1. The number of nitrogens with zero attached hydrogens (tertiary/aromatic N) is 3. The van der Waals surface area contributed by atoms with E-state index in [-0.39, 0.29) is 26.1 Å². The molecule has 0 saturated carbocycles. The fourth-order valence-corrected chi connectivity index (χ4v) is 2.65. The standard InChI is InChI=1S/C12H9Cl2N3O4S/c1-15-10(20)17(11(21)16(2)12(15)22)8-6(13)4-3-5(7(8)14)9(18)19/h3-4H,1-2H3,(H,18,19). The number of aromatic carboxylic acids is 1. The lowest BCUT2D eigenvalue weighted by atomic mass is 10.2. The third kappa shape index (κ3) is 2.39. The molecule has 0 amide bonds. The van der Waals surface area contributed by atoms with Gasteiger partial charge in [-0.25, -0.2) is 19.0 Å². The monoisotopic (exact) mass is 361 g/mol. The van der Waals surface area contributed by atoms with Crippen LogP contribution >= 0.6 is 35.4 Å². The molecule has 0 atom stereocenters. The number of benzene rings is 1. The van der Waals surface area contributed by atoms with Gasteiger partial charge in [-0.2, -0.15) is 0 Å². The summed E-state index contributed by atoms with van der Waals surface area (Å²) in [6, 6.07) is 2.44. The minimum atomic E-state index is -1.31. The van der Waals surface area contributed by atoms with E-state index in [1.54, 1.807) is 0 Å². The highest BCUT2D eigenvalue weighted by Gasteiger charge is 2.21. The lowest BCUT2D eigenvalue weighted by Crippen LogP contribution is -2.43. The van der Waals surface area contributed by atoms with Gasteiger partial charge in [-0.1, -0.05) is 23.2 Å².